The second kappa shape index (κ2) is 11.9. The molecule has 33 heavy (non-hydrogen) atoms. The van der Waals surface area contributed by atoms with Crippen molar-refractivity contribution in [3.63, 3.8) is 0 Å². The van der Waals surface area contributed by atoms with Gasteiger partial charge in [-0.25, -0.2) is 0 Å². The van der Waals surface area contributed by atoms with Crippen molar-refractivity contribution in [1.29, 1.82) is 0 Å². The number of rotatable bonds is 5. The number of hydrogen-bond acceptors (Lipinski definition) is 0. The third kappa shape index (κ3) is 5.55. The number of hydrogen-bond donors (Lipinski definition) is 0. The summed E-state index contributed by atoms with van der Waals surface area (Å²) in [6, 6.07) is 39.6. The van der Waals surface area contributed by atoms with E-state index in [0.29, 0.717) is 0 Å². The molecule has 5 aromatic carbocycles. The molecule has 0 spiro atoms. The second-order valence-electron chi connectivity index (χ2n) is 7.95. The zero-order valence-electron chi connectivity index (χ0n) is 18.6. The molecule has 0 aliphatic heterocycles. The Kier molecular flexibility index (Phi) is 8.68. The molecule has 0 aliphatic carbocycles. The summed E-state index contributed by atoms with van der Waals surface area (Å²) in [6.45, 7) is 2.25. The van der Waals surface area contributed by atoms with E-state index in [1.165, 1.54) is 49.7 Å². The van der Waals surface area contributed by atoms with Crippen LogP contribution in [0.25, 0.3) is 44.2 Å². The average Bonchev–Trinajstić information content (AvgIpc) is 3.28. The molecule has 5 rings (SSSR count). The molecule has 0 aliphatic rings. The zero-order chi connectivity index (χ0) is 23.0. The predicted molar refractivity (Wildman–Crippen MR) is 142 cm³/mol. The van der Waals surface area contributed by atoms with Crippen molar-refractivity contribution >= 4 is 27.8 Å². The standard InChI is InChI=1S/C30H25.2ClH.Zr/c1-2-11-22-20-25-18-19-27(24-14-7-4-8-15-24)30(29(25)21-22)28-17-10-9-16-26(28)23-12-5-3-6-13-23;;;/h3-10,12-21H,2,11H2,1H3;2*1H;/q-1;;;+2/p-2. The van der Waals surface area contributed by atoms with Crippen LogP contribution in [-0.4, -0.2) is 0 Å². The third-order valence-corrected chi connectivity index (χ3v) is 5.85. The van der Waals surface area contributed by atoms with Gasteiger partial charge in [-0.3, -0.25) is 0 Å². The van der Waals surface area contributed by atoms with Gasteiger partial charge in [0.1, 0.15) is 0 Å². The number of aryl methyl sites for hydroxylation is 1. The molecule has 0 aromatic heterocycles. The monoisotopic (exact) mass is 545 g/mol. The van der Waals surface area contributed by atoms with E-state index in [-0.39, 0.29) is 0 Å². The van der Waals surface area contributed by atoms with Crippen molar-refractivity contribution in [3.8, 4) is 33.4 Å². The van der Waals surface area contributed by atoms with Crippen molar-refractivity contribution in [3.05, 3.63) is 115 Å². The Balaban J connectivity index is 0.000000821. The van der Waals surface area contributed by atoms with E-state index in [1.54, 1.807) is 0 Å². The van der Waals surface area contributed by atoms with Crippen molar-refractivity contribution in [2.75, 3.05) is 0 Å². The van der Waals surface area contributed by atoms with Gasteiger partial charge in [-0.15, -0.1) is 28.5 Å². The van der Waals surface area contributed by atoms with Crippen LogP contribution >= 0.6 is 17.0 Å². The summed E-state index contributed by atoms with van der Waals surface area (Å²) in [5, 5.41) is 2.68. The van der Waals surface area contributed by atoms with Crippen molar-refractivity contribution < 1.29 is 20.8 Å². The van der Waals surface area contributed by atoms with E-state index in [9.17, 15) is 0 Å². The summed E-state index contributed by atoms with van der Waals surface area (Å²) in [6.07, 6.45) is 2.28. The topological polar surface area (TPSA) is 0 Å². The van der Waals surface area contributed by atoms with Gasteiger partial charge >= 0.3 is 37.9 Å². The quantitative estimate of drug-likeness (QED) is 0.192. The first-order valence-electron chi connectivity index (χ1n) is 11.2. The molecule has 0 fully saturated rings. The van der Waals surface area contributed by atoms with Gasteiger partial charge in [-0.05, 0) is 34.2 Å². The molecule has 0 unspecified atom stereocenters. The van der Waals surface area contributed by atoms with Gasteiger partial charge < -0.3 is 0 Å². The second-order valence-corrected chi connectivity index (χ2v) is 11.7. The average molecular weight is 548 g/mol. The molecule has 0 bridgehead atoms. The Bertz CT molecular complexity index is 1310. The molecule has 0 saturated heterocycles. The number of fused-ring (bicyclic) bond motifs is 1. The molecule has 0 nitrogen and oxygen atoms in total. The summed E-state index contributed by atoms with van der Waals surface area (Å²) < 4.78 is 0. The first kappa shape index (κ1) is 24.1. The minimum absolute atomic E-state index is 0.826. The molecule has 3 heteroatoms. The van der Waals surface area contributed by atoms with Gasteiger partial charge in [0.25, 0.3) is 0 Å². The molecule has 164 valence electrons. The molecule has 0 N–H and O–H groups in total. The first-order chi connectivity index (χ1) is 16.3. The van der Waals surface area contributed by atoms with Crippen molar-refractivity contribution in [2.45, 2.75) is 19.8 Å². The first-order valence-corrected chi connectivity index (χ1v) is 17.5. The van der Waals surface area contributed by atoms with Crippen molar-refractivity contribution in [1.82, 2.24) is 0 Å². The van der Waals surface area contributed by atoms with Crippen LogP contribution in [0.15, 0.2) is 109 Å². The fourth-order valence-electron chi connectivity index (χ4n) is 4.50. The molecule has 0 saturated carbocycles. The van der Waals surface area contributed by atoms with E-state index in [0.717, 1.165) is 12.8 Å². The Morgan fingerprint density at radius 1 is 0.667 bits per heavy atom. The van der Waals surface area contributed by atoms with Gasteiger partial charge in [0.2, 0.25) is 0 Å². The fraction of sp³-hybridized carbons (Fsp3) is 0.100. The molecule has 0 atom stereocenters. The Labute approximate surface area is 215 Å². The van der Waals surface area contributed by atoms with Crippen LogP contribution in [0.2, 0.25) is 0 Å². The molecular weight excluding hydrogens is 522 g/mol. The van der Waals surface area contributed by atoms with Gasteiger partial charge in [-0.1, -0.05) is 110 Å². The zero-order valence-corrected chi connectivity index (χ0v) is 22.5. The van der Waals surface area contributed by atoms with E-state index in [2.05, 4.69) is 116 Å². The summed E-state index contributed by atoms with van der Waals surface area (Å²) in [5.41, 5.74) is 9.14. The molecule has 0 radical (unpaired) electrons. The summed E-state index contributed by atoms with van der Waals surface area (Å²) in [5.74, 6) is 0. The van der Waals surface area contributed by atoms with Crippen LogP contribution in [0.1, 0.15) is 18.9 Å². The van der Waals surface area contributed by atoms with Gasteiger partial charge in [0.15, 0.2) is 0 Å². The number of benzene rings is 4. The Hall–Kier alpha value is -2.05. The Morgan fingerprint density at radius 2 is 1.21 bits per heavy atom. The van der Waals surface area contributed by atoms with Crippen LogP contribution in [0, 0.1) is 0 Å². The third-order valence-electron chi connectivity index (χ3n) is 5.85. The van der Waals surface area contributed by atoms with Crippen LogP contribution < -0.4 is 0 Å². The van der Waals surface area contributed by atoms with Crippen LogP contribution in [-0.2, 0) is 27.3 Å². The minimum atomic E-state index is -0.826. The molecule has 0 amide bonds. The predicted octanol–water partition coefficient (Wildman–Crippen LogP) is 9.89. The van der Waals surface area contributed by atoms with E-state index in [4.69, 9.17) is 17.0 Å². The van der Waals surface area contributed by atoms with Gasteiger partial charge in [0.05, 0.1) is 0 Å². The van der Waals surface area contributed by atoms with Crippen LogP contribution in [0.5, 0.6) is 0 Å². The van der Waals surface area contributed by atoms with Crippen LogP contribution in [0.4, 0.5) is 0 Å². The van der Waals surface area contributed by atoms with Gasteiger partial charge in [-0.2, -0.15) is 6.07 Å². The summed E-state index contributed by atoms with van der Waals surface area (Å²) in [4.78, 5) is 0. The fourth-order valence-corrected chi connectivity index (χ4v) is 4.50. The van der Waals surface area contributed by atoms with Gasteiger partial charge in [0, 0.05) is 0 Å². The number of halogens is 2. The summed E-state index contributed by atoms with van der Waals surface area (Å²) in [7, 11) is 9.87. The molecular formula is C30H25Cl2Zr-. The normalized spacial score (nSPS) is 10.5. The van der Waals surface area contributed by atoms with E-state index in [1.807, 2.05) is 0 Å². The van der Waals surface area contributed by atoms with Crippen LogP contribution in [0.3, 0.4) is 0 Å². The Morgan fingerprint density at radius 3 is 1.82 bits per heavy atom. The van der Waals surface area contributed by atoms with E-state index < -0.39 is 20.8 Å². The SMILES string of the molecule is CCCc1cc2c(-c3ccccc3-c3ccccc3)c(-c3ccccc3)ccc2[cH-]1.[Cl][Zr][Cl]. The summed E-state index contributed by atoms with van der Waals surface area (Å²) >= 11 is -0.826. The maximum atomic E-state index is 4.93. The molecule has 5 aromatic rings. The molecule has 0 heterocycles. The maximum absolute atomic E-state index is 4.93. The van der Waals surface area contributed by atoms with E-state index >= 15 is 0 Å². The van der Waals surface area contributed by atoms with Crippen molar-refractivity contribution in [2.24, 2.45) is 0 Å².